The molecule has 0 saturated carbocycles. The Morgan fingerprint density at radius 3 is 2.05 bits per heavy atom. The van der Waals surface area contributed by atoms with Gasteiger partial charge in [0, 0.05) is 12.0 Å². The van der Waals surface area contributed by atoms with Crippen molar-refractivity contribution in [2.45, 2.75) is 24.9 Å². The van der Waals surface area contributed by atoms with Gasteiger partial charge in [0.25, 0.3) is 0 Å². The second-order valence-corrected chi connectivity index (χ2v) is 9.89. The molecule has 0 saturated heterocycles. The summed E-state index contributed by atoms with van der Waals surface area (Å²) in [5, 5.41) is 9.12. The zero-order valence-corrected chi connectivity index (χ0v) is 22.9. The Morgan fingerprint density at radius 1 is 0.854 bits per heavy atom. The van der Waals surface area contributed by atoms with Crippen molar-refractivity contribution in [1.82, 2.24) is 0 Å². The van der Waals surface area contributed by atoms with Gasteiger partial charge in [0.05, 0.1) is 26.5 Å². The van der Waals surface area contributed by atoms with Crippen molar-refractivity contribution in [2.24, 2.45) is 5.73 Å². The van der Waals surface area contributed by atoms with Crippen molar-refractivity contribution in [2.75, 3.05) is 25.7 Å². The lowest BCUT2D eigenvalue weighted by atomic mass is 9.98. The molecule has 0 aromatic heterocycles. The number of fused-ring (bicyclic) bond motifs is 3. The fraction of sp³-hybridized carbons (Fsp3) is 0.212. The van der Waals surface area contributed by atoms with Gasteiger partial charge >= 0.3 is 12.1 Å². The minimum atomic E-state index is -1.05. The van der Waals surface area contributed by atoms with Crippen LogP contribution in [-0.2, 0) is 22.5 Å². The average molecular weight is 553 g/mol. The highest BCUT2D eigenvalue weighted by molar-refractivity contribution is 5.90. The summed E-state index contributed by atoms with van der Waals surface area (Å²) in [6.07, 6.45) is -0.315. The molecule has 0 unspecified atom stereocenters. The Balaban J connectivity index is 1.41. The van der Waals surface area contributed by atoms with Crippen molar-refractivity contribution < 1.29 is 28.9 Å². The van der Waals surface area contributed by atoms with E-state index in [4.69, 9.17) is 25.1 Å². The number of carbonyl (C=O) groups is 2. The molecule has 1 aliphatic carbocycles. The molecule has 4 aromatic rings. The summed E-state index contributed by atoms with van der Waals surface area (Å²) in [5.74, 6) is -0.0788. The molecule has 0 spiro atoms. The number of aliphatic carboxylic acids is 1. The Labute approximate surface area is 238 Å². The first-order valence-corrected chi connectivity index (χ1v) is 13.3. The highest BCUT2D eigenvalue weighted by atomic mass is 16.6. The van der Waals surface area contributed by atoms with Gasteiger partial charge in [-0.3, -0.25) is 9.69 Å². The third-order valence-corrected chi connectivity index (χ3v) is 7.37. The van der Waals surface area contributed by atoms with Crippen LogP contribution in [0.5, 0.6) is 11.5 Å². The van der Waals surface area contributed by atoms with Crippen LogP contribution in [0, 0.1) is 0 Å². The van der Waals surface area contributed by atoms with Crippen LogP contribution in [0.2, 0.25) is 0 Å². The summed E-state index contributed by atoms with van der Waals surface area (Å²) >= 11 is 0. The van der Waals surface area contributed by atoms with E-state index in [-0.39, 0.29) is 25.5 Å². The Morgan fingerprint density at radius 2 is 1.46 bits per heavy atom. The maximum atomic E-state index is 13.8. The molecule has 0 bridgehead atoms. The van der Waals surface area contributed by atoms with E-state index in [1.54, 1.807) is 25.3 Å². The Hall–Kier alpha value is -4.82. The van der Waals surface area contributed by atoms with Gasteiger partial charge in [-0.1, -0.05) is 72.8 Å². The number of methoxy groups -OCH3 is 2. The van der Waals surface area contributed by atoms with Crippen LogP contribution >= 0.6 is 0 Å². The van der Waals surface area contributed by atoms with Gasteiger partial charge in [0.2, 0.25) is 0 Å². The van der Waals surface area contributed by atoms with Gasteiger partial charge in [-0.2, -0.15) is 0 Å². The van der Waals surface area contributed by atoms with Gasteiger partial charge in [-0.25, -0.2) is 4.79 Å². The maximum absolute atomic E-state index is 13.8. The highest BCUT2D eigenvalue weighted by Gasteiger charge is 2.30. The fourth-order valence-corrected chi connectivity index (χ4v) is 5.23. The number of carboxylic acid groups (broad SMARTS) is 1. The number of amides is 1. The quantitative estimate of drug-likeness (QED) is 0.263. The molecule has 210 valence electrons. The lowest BCUT2D eigenvalue weighted by molar-refractivity contribution is -0.138. The SMILES string of the molecule is COc1ccc(N(Cc2ccc(C[C@H](N)C(=O)O)cc2)C(=O)OCC2c3ccccc3-c3ccccc32)c(OC)c1. The number of hydrogen-bond donors (Lipinski definition) is 2. The third-order valence-electron chi connectivity index (χ3n) is 7.37. The number of ether oxygens (including phenoxy) is 3. The van der Waals surface area contributed by atoms with E-state index in [0.717, 1.165) is 33.4 Å². The molecule has 0 heterocycles. The third kappa shape index (κ3) is 5.88. The molecule has 5 rings (SSSR count). The lowest BCUT2D eigenvalue weighted by Crippen LogP contribution is -2.33. The summed E-state index contributed by atoms with van der Waals surface area (Å²) in [6, 6.07) is 28.0. The standard InChI is InChI=1S/C33H32N2O6/c1-39-23-15-16-30(31(18-23)40-2)35(19-22-13-11-21(12-14-22)17-29(34)32(36)37)33(38)41-20-28-26-9-5-3-7-24(26)25-8-4-6-10-27(25)28/h3-16,18,28-29H,17,19-20,34H2,1-2H3,(H,36,37)/t29-/m0/s1. The van der Waals surface area contributed by atoms with Crippen molar-refractivity contribution >= 4 is 17.7 Å². The molecule has 8 nitrogen and oxygen atoms in total. The van der Waals surface area contributed by atoms with Crippen LogP contribution in [0.25, 0.3) is 11.1 Å². The Bertz CT molecular complexity index is 1510. The van der Waals surface area contributed by atoms with Crippen LogP contribution in [0.3, 0.4) is 0 Å². The number of carbonyl (C=O) groups excluding carboxylic acids is 1. The van der Waals surface area contributed by atoms with E-state index in [9.17, 15) is 9.59 Å². The second-order valence-electron chi connectivity index (χ2n) is 9.89. The molecular formula is C33H32N2O6. The minimum Gasteiger partial charge on any atom is -0.497 e. The zero-order chi connectivity index (χ0) is 28.9. The lowest BCUT2D eigenvalue weighted by Gasteiger charge is -2.25. The normalized spacial score (nSPS) is 12.7. The van der Waals surface area contributed by atoms with Crippen LogP contribution in [0.1, 0.15) is 28.2 Å². The number of nitrogens with zero attached hydrogens (tertiary/aromatic N) is 1. The van der Waals surface area contributed by atoms with E-state index in [2.05, 4.69) is 24.3 Å². The predicted molar refractivity (Wildman–Crippen MR) is 157 cm³/mol. The molecule has 1 amide bonds. The fourth-order valence-electron chi connectivity index (χ4n) is 5.23. The molecule has 41 heavy (non-hydrogen) atoms. The molecule has 1 aliphatic rings. The van der Waals surface area contributed by atoms with Gasteiger partial charge in [0.1, 0.15) is 24.1 Å². The first-order chi connectivity index (χ1) is 19.9. The number of nitrogens with two attached hydrogens (primary N) is 1. The van der Waals surface area contributed by atoms with E-state index in [0.29, 0.717) is 17.2 Å². The number of carboxylic acids is 1. The van der Waals surface area contributed by atoms with Gasteiger partial charge < -0.3 is 25.1 Å². The zero-order valence-electron chi connectivity index (χ0n) is 22.9. The van der Waals surface area contributed by atoms with E-state index in [1.807, 2.05) is 48.5 Å². The largest absolute Gasteiger partial charge is 0.497 e. The smallest absolute Gasteiger partial charge is 0.414 e. The van der Waals surface area contributed by atoms with Crippen LogP contribution in [0.4, 0.5) is 10.5 Å². The summed E-state index contributed by atoms with van der Waals surface area (Å²) in [6.45, 7) is 0.373. The highest BCUT2D eigenvalue weighted by Crippen LogP contribution is 2.44. The van der Waals surface area contributed by atoms with E-state index < -0.39 is 18.1 Å². The van der Waals surface area contributed by atoms with E-state index in [1.165, 1.54) is 12.0 Å². The van der Waals surface area contributed by atoms with E-state index >= 15 is 0 Å². The summed E-state index contributed by atoms with van der Waals surface area (Å²) < 4.78 is 17.0. The monoisotopic (exact) mass is 552 g/mol. The van der Waals surface area contributed by atoms with Gasteiger partial charge in [0.15, 0.2) is 0 Å². The topological polar surface area (TPSA) is 111 Å². The van der Waals surface area contributed by atoms with Crippen molar-refractivity contribution in [3.8, 4) is 22.6 Å². The molecule has 0 aliphatic heterocycles. The van der Waals surface area contributed by atoms with Crippen LogP contribution in [0.15, 0.2) is 91.0 Å². The number of benzene rings is 4. The van der Waals surface area contributed by atoms with Crippen molar-refractivity contribution in [1.29, 1.82) is 0 Å². The summed E-state index contributed by atoms with van der Waals surface area (Å²) in [4.78, 5) is 26.4. The molecule has 8 heteroatoms. The molecular weight excluding hydrogens is 520 g/mol. The number of anilines is 1. The molecule has 3 N–H and O–H groups in total. The number of hydrogen-bond acceptors (Lipinski definition) is 6. The van der Waals surface area contributed by atoms with Crippen molar-refractivity contribution in [3.63, 3.8) is 0 Å². The summed E-state index contributed by atoms with van der Waals surface area (Å²) in [5.41, 5.74) is 12.4. The van der Waals surface area contributed by atoms with Gasteiger partial charge in [-0.15, -0.1) is 0 Å². The minimum absolute atomic E-state index is 0.0799. The molecule has 0 fully saturated rings. The van der Waals surface area contributed by atoms with Crippen LogP contribution in [-0.4, -0.2) is 44.0 Å². The van der Waals surface area contributed by atoms with Gasteiger partial charge in [-0.05, 0) is 51.9 Å². The second kappa shape index (κ2) is 12.1. The summed E-state index contributed by atoms with van der Waals surface area (Å²) in [7, 11) is 3.10. The Kier molecular flexibility index (Phi) is 8.21. The first-order valence-electron chi connectivity index (χ1n) is 13.3. The average Bonchev–Trinajstić information content (AvgIpc) is 3.32. The molecule has 0 radical (unpaired) electrons. The predicted octanol–water partition coefficient (Wildman–Crippen LogP) is 5.61. The maximum Gasteiger partial charge on any atom is 0.414 e. The van der Waals surface area contributed by atoms with Crippen LogP contribution < -0.4 is 20.1 Å². The molecule has 4 aromatic carbocycles. The number of rotatable bonds is 10. The molecule has 1 atom stereocenters. The van der Waals surface area contributed by atoms with Crippen molar-refractivity contribution in [3.05, 3.63) is 113 Å². The first kappa shape index (κ1) is 27.7.